The molecule has 0 bridgehead atoms. The maximum Gasteiger partial charge on any atom is 0.262 e. The van der Waals surface area contributed by atoms with Crippen molar-refractivity contribution in [2.24, 2.45) is 0 Å². The van der Waals surface area contributed by atoms with Crippen LogP contribution in [0.3, 0.4) is 0 Å². The Labute approximate surface area is 263 Å². The Morgan fingerprint density at radius 1 is 0.780 bits per heavy atom. The van der Waals surface area contributed by atoms with Gasteiger partial charge in [-0.25, -0.2) is 0 Å². The SMILES string of the molecule is Br.CCCCCCCCCCCCCCCCOc1ccccc1OCC(=O)Nc1ccc(CN2C=CSC2)cc1. The van der Waals surface area contributed by atoms with Gasteiger partial charge in [0.25, 0.3) is 5.91 Å². The number of amides is 1. The third kappa shape index (κ3) is 15.6. The summed E-state index contributed by atoms with van der Waals surface area (Å²) in [7, 11) is 0. The van der Waals surface area contributed by atoms with Crippen LogP contribution < -0.4 is 14.8 Å². The number of thioether (sulfide) groups is 1. The van der Waals surface area contributed by atoms with Crippen molar-refractivity contribution in [1.29, 1.82) is 0 Å². The van der Waals surface area contributed by atoms with Crippen LogP contribution in [0.5, 0.6) is 11.5 Å². The van der Waals surface area contributed by atoms with Crippen LogP contribution in [0.4, 0.5) is 5.69 Å². The van der Waals surface area contributed by atoms with Crippen molar-refractivity contribution in [3.8, 4) is 11.5 Å². The fourth-order valence-corrected chi connectivity index (χ4v) is 5.56. The van der Waals surface area contributed by atoms with Crippen molar-refractivity contribution in [3.63, 3.8) is 0 Å². The molecule has 2 aromatic carbocycles. The standard InChI is InChI=1S/C34H50N2O3S.BrH/c1-2-3-4-5-6-7-8-9-10-11-12-13-14-17-25-38-32-18-15-16-19-33(32)39-28-34(37)35-31-22-20-30(21-23-31)27-36-24-26-40-29-36;/h15-16,18-24,26H,2-14,17,25,27-29H2,1H3,(H,35,37);1H. The lowest BCUT2D eigenvalue weighted by Gasteiger charge is -2.15. The molecule has 41 heavy (non-hydrogen) atoms. The van der Waals surface area contributed by atoms with Crippen LogP contribution in [0.2, 0.25) is 0 Å². The minimum Gasteiger partial charge on any atom is -0.490 e. The van der Waals surface area contributed by atoms with Gasteiger partial charge in [-0.15, -0.1) is 28.7 Å². The Balaban J connectivity index is 0.00000588. The average Bonchev–Trinajstić information content (AvgIpc) is 3.49. The molecule has 1 amide bonds. The Morgan fingerprint density at radius 2 is 1.34 bits per heavy atom. The summed E-state index contributed by atoms with van der Waals surface area (Å²) in [4.78, 5) is 14.7. The van der Waals surface area contributed by atoms with E-state index >= 15 is 0 Å². The van der Waals surface area contributed by atoms with E-state index in [4.69, 9.17) is 9.47 Å². The van der Waals surface area contributed by atoms with E-state index in [2.05, 4.69) is 28.7 Å². The second-order valence-electron chi connectivity index (χ2n) is 10.8. The summed E-state index contributed by atoms with van der Waals surface area (Å²) in [5.74, 6) is 2.10. The number of rotatable bonds is 22. The lowest BCUT2D eigenvalue weighted by Crippen LogP contribution is -2.20. The number of benzene rings is 2. The molecule has 0 aromatic heterocycles. The number of ether oxygens (including phenoxy) is 2. The zero-order valence-electron chi connectivity index (χ0n) is 25.0. The second kappa shape index (κ2) is 22.5. The van der Waals surface area contributed by atoms with E-state index in [1.807, 2.05) is 48.5 Å². The summed E-state index contributed by atoms with van der Waals surface area (Å²) in [6.07, 6.45) is 20.9. The van der Waals surface area contributed by atoms with E-state index in [1.165, 1.54) is 89.0 Å². The molecule has 1 N–H and O–H groups in total. The van der Waals surface area contributed by atoms with Gasteiger partial charge in [0.05, 0.1) is 12.5 Å². The van der Waals surface area contributed by atoms with Crippen molar-refractivity contribution in [1.82, 2.24) is 4.90 Å². The molecule has 0 aliphatic carbocycles. The molecule has 0 atom stereocenters. The minimum absolute atomic E-state index is 0. The molecule has 0 saturated heterocycles. The van der Waals surface area contributed by atoms with Gasteiger partial charge in [-0.05, 0) is 41.7 Å². The summed E-state index contributed by atoms with van der Waals surface area (Å²) in [6.45, 7) is 3.76. The number of unbranched alkanes of at least 4 members (excludes halogenated alkanes) is 13. The maximum atomic E-state index is 12.5. The Kier molecular flexibility index (Phi) is 19.2. The van der Waals surface area contributed by atoms with Gasteiger partial charge in [0.2, 0.25) is 0 Å². The molecule has 7 heteroatoms. The van der Waals surface area contributed by atoms with Gasteiger partial charge in [0.1, 0.15) is 0 Å². The lowest BCUT2D eigenvalue weighted by atomic mass is 10.0. The summed E-state index contributed by atoms with van der Waals surface area (Å²) >= 11 is 1.80. The molecule has 0 unspecified atom stereocenters. The van der Waals surface area contributed by atoms with E-state index in [9.17, 15) is 4.79 Å². The Bertz CT molecular complexity index is 986. The molecule has 1 aliphatic heterocycles. The minimum atomic E-state index is -0.187. The molecular formula is C34H51BrN2O3S. The molecule has 0 radical (unpaired) electrons. The van der Waals surface area contributed by atoms with E-state index in [1.54, 1.807) is 11.8 Å². The molecule has 0 spiro atoms. The van der Waals surface area contributed by atoms with Crippen LogP contribution in [-0.4, -0.2) is 29.9 Å². The summed E-state index contributed by atoms with van der Waals surface area (Å²) in [5.41, 5.74) is 1.98. The summed E-state index contributed by atoms with van der Waals surface area (Å²) in [5, 5.41) is 5.03. The molecule has 5 nitrogen and oxygen atoms in total. The van der Waals surface area contributed by atoms with Gasteiger partial charge in [0.15, 0.2) is 18.1 Å². The monoisotopic (exact) mass is 646 g/mol. The predicted molar refractivity (Wildman–Crippen MR) is 180 cm³/mol. The second-order valence-corrected chi connectivity index (χ2v) is 11.6. The highest BCUT2D eigenvalue weighted by molar-refractivity contribution is 8.93. The van der Waals surface area contributed by atoms with Crippen LogP contribution in [0.15, 0.2) is 60.1 Å². The highest BCUT2D eigenvalue weighted by Gasteiger charge is 2.09. The normalized spacial score (nSPS) is 12.3. The highest BCUT2D eigenvalue weighted by atomic mass is 79.9. The van der Waals surface area contributed by atoms with Gasteiger partial charge < -0.3 is 19.7 Å². The van der Waals surface area contributed by atoms with E-state index in [0.29, 0.717) is 18.1 Å². The van der Waals surface area contributed by atoms with Gasteiger partial charge in [-0.2, -0.15) is 0 Å². The molecule has 1 heterocycles. The van der Waals surface area contributed by atoms with Crippen molar-refractivity contribution in [2.75, 3.05) is 24.4 Å². The summed E-state index contributed by atoms with van der Waals surface area (Å²) in [6, 6.07) is 15.6. The summed E-state index contributed by atoms with van der Waals surface area (Å²) < 4.78 is 11.8. The molecule has 3 rings (SSSR count). The zero-order chi connectivity index (χ0) is 28.1. The van der Waals surface area contributed by atoms with Crippen LogP contribution >= 0.6 is 28.7 Å². The molecule has 228 valence electrons. The Morgan fingerprint density at radius 3 is 1.90 bits per heavy atom. The fourth-order valence-electron chi connectivity index (χ4n) is 4.85. The molecule has 0 saturated carbocycles. The van der Waals surface area contributed by atoms with Crippen molar-refractivity contribution < 1.29 is 14.3 Å². The van der Waals surface area contributed by atoms with Crippen LogP contribution in [0.1, 0.15) is 102 Å². The maximum absolute atomic E-state index is 12.5. The zero-order valence-corrected chi connectivity index (χ0v) is 27.5. The molecule has 0 fully saturated rings. The largest absolute Gasteiger partial charge is 0.490 e. The van der Waals surface area contributed by atoms with Crippen LogP contribution in [0, 0.1) is 0 Å². The number of carbonyl (C=O) groups is 1. The smallest absolute Gasteiger partial charge is 0.262 e. The average molecular weight is 648 g/mol. The number of nitrogens with zero attached hydrogens (tertiary/aromatic N) is 1. The third-order valence-electron chi connectivity index (χ3n) is 7.19. The van der Waals surface area contributed by atoms with Gasteiger partial charge in [0, 0.05) is 18.4 Å². The van der Waals surface area contributed by atoms with E-state index in [-0.39, 0.29) is 29.5 Å². The lowest BCUT2D eigenvalue weighted by molar-refractivity contribution is -0.118. The van der Waals surface area contributed by atoms with Crippen LogP contribution in [0.25, 0.3) is 0 Å². The fraction of sp³-hybridized carbons (Fsp3) is 0.559. The third-order valence-corrected chi connectivity index (χ3v) is 7.99. The molecule has 1 aliphatic rings. The predicted octanol–water partition coefficient (Wildman–Crippen LogP) is 10.1. The number of nitrogens with one attached hydrogen (secondary N) is 1. The number of hydrogen-bond acceptors (Lipinski definition) is 5. The molecular weight excluding hydrogens is 596 g/mol. The van der Waals surface area contributed by atoms with Gasteiger partial charge in [-0.1, -0.05) is 115 Å². The van der Waals surface area contributed by atoms with Crippen molar-refractivity contribution in [2.45, 2.75) is 103 Å². The van der Waals surface area contributed by atoms with Crippen LogP contribution in [-0.2, 0) is 11.3 Å². The van der Waals surface area contributed by atoms with E-state index in [0.717, 1.165) is 24.5 Å². The first kappa shape index (κ1) is 35.1. The first-order chi connectivity index (χ1) is 19.7. The number of para-hydroxylation sites is 2. The van der Waals surface area contributed by atoms with Gasteiger partial charge >= 0.3 is 0 Å². The Hall–Kier alpha value is -2.12. The first-order valence-corrected chi connectivity index (χ1v) is 16.5. The number of anilines is 1. The topological polar surface area (TPSA) is 50.8 Å². The number of hydrogen-bond donors (Lipinski definition) is 1. The highest BCUT2D eigenvalue weighted by Crippen LogP contribution is 2.27. The molecule has 2 aromatic rings. The van der Waals surface area contributed by atoms with Crippen molar-refractivity contribution >= 4 is 40.3 Å². The van der Waals surface area contributed by atoms with E-state index < -0.39 is 0 Å². The number of halogens is 1. The van der Waals surface area contributed by atoms with Crippen molar-refractivity contribution in [3.05, 3.63) is 65.7 Å². The quantitative estimate of drug-likeness (QED) is 0.129. The van der Waals surface area contributed by atoms with Gasteiger partial charge in [-0.3, -0.25) is 4.79 Å². The first-order valence-electron chi connectivity index (χ1n) is 15.5. The number of carbonyl (C=O) groups excluding carboxylic acids is 1.